The number of nitrogens with one attached hydrogen (secondary N) is 1. The van der Waals surface area contributed by atoms with Crippen LogP contribution in [0.1, 0.15) is 58.2 Å². The Kier molecular flexibility index (Phi) is 10.3. The number of nitrogens with zero attached hydrogens (tertiary/aromatic N) is 3. The Bertz CT molecular complexity index is 1060. The SMILES string of the molecule is C=CCc1c(C(=O)NCc2c(CN(C)CC=C)cc(C)nc2C)cccc1N(CC)C1CCOCC1. The van der Waals surface area contributed by atoms with Crippen LogP contribution < -0.4 is 10.2 Å². The van der Waals surface area contributed by atoms with Gasteiger partial charge in [0.25, 0.3) is 5.91 Å². The first-order chi connectivity index (χ1) is 17.4. The van der Waals surface area contributed by atoms with Gasteiger partial charge in [0.2, 0.25) is 0 Å². The van der Waals surface area contributed by atoms with Crippen LogP contribution in [-0.2, 0) is 24.2 Å². The number of likely N-dealkylation sites (N-methyl/N-ethyl adjacent to an activating group) is 1. The first-order valence-electron chi connectivity index (χ1n) is 13.0. The van der Waals surface area contributed by atoms with E-state index in [1.165, 1.54) is 5.56 Å². The maximum Gasteiger partial charge on any atom is 0.251 e. The lowest BCUT2D eigenvalue weighted by molar-refractivity contribution is 0.0845. The summed E-state index contributed by atoms with van der Waals surface area (Å²) in [6.45, 7) is 18.5. The fourth-order valence-corrected chi connectivity index (χ4v) is 5.20. The number of hydrogen-bond donors (Lipinski definition) is 1. The molecule has 0 bridgehead atoms. The molecular formula is C30H42N4O2. The lowest BCUT2D eigenvalue weighted by Gasteiger charge is -2.37. The van der Waals surface area contributed by atoms with Crippen LogP contribution in [-0.4, -0.2) is 55.2 Å². The van der Waals surface area contributed by atoms with E-state index < -0.39 is 0 Å². The Morgan fingerprint density at radius 1 is 1.19 bits per heavy atom. The first kappa shape index (κ1) is 27.6. The lowest BCUT2D eigenvalue weighted by atomic mass is 9.97. The number of rotatable bonds is 12. The van der Waals surface area contributed by atoms with Crippen molar-refractivity contribution in [1.82, 2.24) is 15.2 Å². The Morgan fingerprint density at radius 2 is 1.94 bits per heavy atom. The molecule has 0 spiro atoms. The summed E-state index contributed by atoms with van der Waals surface area (Å²) in [5, 5.41) is 3.19. The van der Waals surface area contributed by atoms with Gasteiger partial charge in [-0.25, -0.2) is 0 Å². The molecule has 1 aromatic heterocycles. The third kappa shape index (κ3) is 6.83. The summed E-state index contributed by atoms with van der Waals surface area (Å²) in [7, 11) is 2.07. The minimum absolute atomic E-state index is 0.0675. The number of benzene rings is 1. The molecule has 1 saturated heterocycles. The van der Waals surface area contributed by atoms with Crippen LogP contribution in [0, 0.1) is 13.8 Å². The van der Waals surface area contributed by atoms with Gasteiger partial charge in [-0.3, -0.25) is 14.7 Å². The van der Waals surface area contributed by atoms with Crippen LogP contribution in [0.3, 0.4) is 0 Å². The highest BCUT2D eigenvalue weighted by atomic mass is 16.5. The molecule has 2 heterocycles. The predicted molar refractivity (Wildman–Crippen MR) is 149 cm³/mol. The van der Waals surface area contributed by atoms with Crippen molar-refractivity contribution in [2.75, 3.05) is 38.3 Å². The average Bonchev–Trinajstić information content (AvgIpc) is 2.85. The van der Waals surface area contributed by atoms with Crippen molar-refractivity contribution >= 4 is 11.6 Å². The van der Waals surface area contributed by atoms with Gasteiger partial charge in [-0.2, -0.15) is 0 Å². The summed E-state index contributed by atoms with van der Waals surface area (Å²) < 4.78 is 5.59. The summed E-state index contributed by atoms with van der Waals surface area (Å²) in [6.07, 6.45) is 6.42. The molecule has 6 nitrogen and oxygen atoms in total. The van der Waals surface area contributed by atoms with E-state index in [-0.39, 0.29) is 5.91 Å². The van der Waals surface area contributed by atoms with Gasteiger partial charge < -0.3 is 15.0 Å². The fourth-order valence-electron chi connectivity index (χ4n) is 5.20. The molecule has 3 rings (SSSR count). The highest BCUT2D eigenvalue weighted by molar-refractivity contribution is 5.97. The van der Waals surface area contributed by atoms with Gasteiger partial charge >= 0.3 is 0 Å². The number of anilines is 1. The molecule has 1 aromatic carbocycles. The Labute approximate surface area is 217 Å². The van der Waals surface area contributed by atoms with Gasteiger partial charge in [0.1, 0.15) is 0 Å². The van der Waals surface area contributed by atoms with Gasteiger partial charge in [0, 0.05) is 68.1 Å². The number of pyridine rings is 1. The van der Waals surface area contributed by atoms with E-state index >= 15 is 0 Å². The first-order valence-corrected chi connectivity index (χ1v) is 13.0. The zero-order valence-electron chi connectivity index (χ0n) is 22.5. The number of allylic oxidation sites excluding steroid dienone is 1. The molecule has 36 heavy (non-hydrogen) atoms. The number of aryl methyl sites for hydroxylation is 2. The molecule has 1 aliphatic rings. The van der Waals surface area contributed by atoms with E-state index in [0.29, 0.717) is 24.6 Å². The van der Waals surface area contributed by atoms with E-state index in [1.54, 1.807) is 0 Å². The summed E-state index contributed by atoms with van der Waals surface area (Å²) in [5.74, 6) is -0.0675. The number of ether oxygens (including phenoxy) is 1. The Hall–Kier alpha value is -2.96. The van der Waals surface area contributed by atoms with Gasteiger partial charge in [-0.15, -0.1) is 13.2 Å². The van der Waals surface area contributed by atoms with E-state index in [2.05, 4.69) is 59.4 Å². The monoisotopic (exact) mass is 490 g/mol. The topological polar surface area (TPSA) is 57.7 Å². The molecule has 0 atom stereocenters. The summed E-state index contributed by atoms with van der Waals surface area (Å²) in [5.41, 5.74) is 7.05. The number of carbonyl (C=O) groups is 1. The number of carbonyl (C=O) groups excluding carboxylic acids is 1. The summed E-state index contributed by atoms with van der Waals surface area (Å²) >= 11 is 0. The van der Waals surface area contributed by atoms with Crippen LogP contribution in [0.2, 0.25) is 0 Å². The van der Waals surface area contributed by atoms with E-state index in [9.17, 15) is 4.79 Å². The van der Waals surface area contributed by atoms with E-state index in [1.807, 2.05) is 38.1 Å². The fraction of sp³-hybridized carbons (Fsp3) is 0.467. The normalized spacial score (nSPS) is 14.0. The number of aromatic nitrogens is 1. The molecule has 6 heteroatoms. The van der Waals surface area contributed by atoms with Crippen LogP contribution in [0.4, 0.5) is 5.69 Å². The van der Waals surface area contributed by atoms with Crippen LogP contribution in [0.15, 0.2) is 49.6 Å². The number of amides is 1. The molecule has 0 saturated carbocycles. The lowest BCUT2D eigenvalue weighted by Crippen LogP contribution is -2.40. The average molecular weight is 491 g/mol. The van der Waals surface area contributed by atoms with Crippen LogP contribution in [0.25, 0.3) is 0 Å². The van der Waals surface area contributed by atoms with Crippen LogP contribution >= 0.6 is 0 Å². The third-order valence-electron chi connectivity index (χ3n) is 6.88. The van der Waals surface area contributed by atoms with Crippen molar-refractivity contribution in [2.24, 2.45) is 0 Å². The molecule has 0 radical (unpaired) electrons. The van der Waals surface area contributed by atoms with Crippen LogP contribution in [0.5, 0.6) is 0 Å². The number of hydrogen-bond acceptors (Lipinski definition) is 5. The highest BCUT2D eigenvalue weighted by Crippen LogP contribution is 2.30. The molecule has 1 amide bonds. The minimum Gasteiger partial charge on any atom is -0.381 e. The molecule has 0 unspecified atom stereocenters. The zero-order chi connectivity index (χ0) is 26.1. The highest BCUT2D eigenvalue weighted by Gasteiger charge is 2.24. The van der Waals surface area contributed by atoms with Gasteiger partial charge in [-0.05, 0) is 82.0 Å². The summed E-state index contributed by atoms with van der Waals surface area (Å²) in [6, 6.07) is 8.59. The van der Waals surface area contributed by atoms with Crippen molar-refractivity contribution < 1.29 is 9.53 Å². The Morgan fingerprint density at radius 3 is 2.61 bits per heavy atom. The molecule has 0 aliphatic carbocycles. The Balaban J connectivity index is 1.87. The van der Waals surface area contributed by atoms with Crippen molar-refractivity contribution in [3.63, 3.8) is 0 Å². The predicted octanol–water partition coefficient (Wildman–Crippen LogP) is 4.98. The molecule has 1 N–H and O–H groups in total. The minimum atomic E-state index is -0.0675. The van der Waals surface area contributed by atoms with Gasteiger partial charge in [-0.1, -0.05) is 18.2 Å². The molecule has 2 aromatic rings. The smallest absolute Gasteiger partial charge is 0.251 e. The third-order valence-corrected chi connectivity index (χ3v) is 6.88. The second kappa shape index (κ2) is 13.4. The van der Waals surface area contributed by atoms with Crippen molar-refractivity contribution in [3.05, 3.63) is 83.2 Å². The van der Waals surface area contributed by atoms with E-state index in [4.69, 9.17) is 4.74 Å². The summed E-state index contributed by atoms with van der Waals surface area (Å²) in [4.78, 5) is 22.8. The quantitative estimate of drug-likeness (QED) is 0.425. The molecule has 194 valence electrons. The van der Waals surface area contributed by atoms with Crippen molar-refractivity contribution in [3.8, 4) is 0 Å². The second-order valence-electron chi connectivity index (χ2n) is 9.58. The van der Waals surface area contributed by atoms with E-state index in [0.717, 1.165) is 73.9 Å². The second-order valence-corrected chi connectivity index (χ2v) is 9.58. The molecule has 1 aliphatic heterocycles. The van der Waals surface area contributed by atoms with Crippen molar-refractivity contribution in [2.45, 2.75) is 59.2 Å². The maximum atomic E-state index is 13.5. The molecule has 1 fully saturated rings. The van der Waals surface area contributed by atoms with Gasteiger partial charge in [0.05, 0.1) is 0 Å². The van der Waals surface area contributed by atoms with Crippen molar-refractivity contribution in [1.29, 1.82) is 0 Å². The maximum absolute atomic E-state index is 13.5. The van der Waals surface area contributed by atoms with Gasteiger partial charge in [0.15, 0.2) is 0 Å². The zero-order valence-corrected chi connectivity index (χ0v) is 22.5. The standard InChI is InChI=1S/C30H42N4O2/c1-7-11-26-27(12-10-13-29(26)34(9-3)25-14-17-36-18-15-25)30(35)31-20-28-23(5)32-22(4)19-24(28)21-33(6)16-8-2/h7-8,10,12-13,19,25H,1-2,9,11,14-18,20-21H2,3-6H3,(H,31,35). The largest absolute Gasteiger partial charge is 0.381 e. The molecular weight excluding hydrogens is 448 g/mol.